The first kappa shape index (κ1) is 20.4. The zero-order valence-corrected chi connectivity index (χ0v) is 16.7. The molecule has 3 rings (SSSR count). The number of ether oxygens (including phenoxy) is 2. The van der Waals surface area contributed by atoms with Crippen LogP contribution in [0.3, 0.4) is 0 Å². The molecule has 29 heavy (non-hydrogen) atoms. The summed E-state index contributed by atoms with van der Waals surface area (Å²) in [4.78, 5) is 24.3. The molecule has 0 fully saturated rings. The highest BCUT2D eigenvalue weighted by Crippen LogP contribution is 2.24. The Hall–Kier alpha value is -3.38. The van der Waals surface area contributed by atoms with E-state index in [1.165, 1.54) is 19.3 Å². The Kier molecular flexibility index (Phi) is 6.46. The average Bonchev–Trinajstić information content (AvgIpc) is 3.04. The predicted molar refractivity (Wildman–Crippen MR) is 111 cm³/mol. The highest BCUT2D eigenvalue weighted by molar-refractivity contribution is 6.31. The van der Waals surface area contributed by atoms with Gasteiger partial charge in [-0.25, -0.2) is 9.48 Å². The van der Waals surface area contributed by atoms with Crippen molar-refractivity contribution in [2.45, 2.75) is 6.92 Å². The van der Waals surface area contributed by atoms with E-state index in [2.05, 4.69) is 5.10 Å². The number of methoxy groups -OCH3 is 1. The summed E-state index contributed by atoms with van der Waals surface area (Å²) in [5.41, 5.74) is 2.43. The molecule has 0 amide bonds. The highest BCUT2D eigenvalue weighted by atomic mass is 35.5. The molecule has 1 heterocycles. The fraction of sp³-hybridized carbons (Fsp3) is 0.136. The van der Waals surface area contributed by atoms with E-state index in [0.29, 0.717) is 27.7 Å². The molecular weight excluding hydrogens is 392 g/mol. The van der Waals surface area contributed by atoms with E-state index in [1.54, 1.807) is 35.9 Å². The number of Topliss-reactive ketones (excluding diaryl/α,β-unsaturated/α-hetero) is 1. The molecular formula is C22H19ClN2O4. The molecule has 3 aromatic rings. The Morgan fingerprint density at radius 1 is 1.10 bits per heavy atom. The van der Waals surface area contributed by atoms with Crippen molar-refractivity contribution in [2.24, 2.45) is 0 Å². The molecule has 2 aromatic carbocycles. The van der Waals surface area contributed by atoms with Crippen molar-refractivity contribution in [3.05, 3.63) is 82.6 Å². The summed E-state index contributed by atoms with van der Waals surface area (Å²) in [6.07, 6.45) is 2.75. The minimum absolute atomic E-state index is 0.352. The van der Waals surface area contributed by atoms with Crippen LogP contribution in [0.25, 0.3) is 11.8 Å². The van der Waals surface area contributed by atoms with Gasteiger partial charge in [-0.3, -0.25) is 4.79 Å². The van der Waals surface area contributed by atoms with Crippen LogP contribution in [-0.2, 0) is 9.53 Å². The molecule has 148 valence electrons. The summed E-state index contributed by atoms with van der Waals surface area (Å²) >= 11 is 6.42. The number of aryl methyl sites for hydroxylation is 1. The van der Waals surface area contributed by atoms with E-state index in [1.807, 2.05) is 30.3 Å². The predicted octanol–water partition coefficient (Wildman–Crippen LogP) is 4.28. The molecule has 0 aliphatic carbocycles. The largest absolute Gasteiger partial charge is 0.496 e. The van der Waals surface area contributed by atoms with Gasteiger partial charge in [-0.15, -0.1) is 0 Å². The van der Waals surface area contributed by atoms with Crippen molar-refractivity contribution in [1.82, 2.24) is 9.78 Å². The Balaban J connectivity index is 1.67. The van der Waals surface area contributed by atoms with Gasteiger partial charge in [-0.2, -0.15) is 5.10 Å². The van der Waals surface area contributed by atoms with Crippen LogP contribution in [0.5, 0.6) is 5.75 Å². The Morgan fingerprint density at radius 2 is 1.79 bits per heavy atom. The van der Waals surface area contributed by atoms with E-state index in [9.17, 15) is 9.59 Å². The molecule has 0 aliphatic heterocycles. The summed E-state index contributed by atoms with van der Waals surface area (Å²) in [5, 5.41) is 4.78. The lowest BCUT2D eigenvalue weighted by molar-refractivity contribution is -0.136. The van der Waals surface area contributed by atoms with Gasteiger partial charge >= 0.3 is 5.97 Å². The molecule has 0 unspecified atom stereocenters. The zero-order chi connectivity index (χ0) is 20.8. The standard InChI is InChI=1S/C22H19ClN2O4/c1-15-17(22(23)25(24-15)16-8-4-3-5-9-16)12-13-21(27)29-14-19(26)18-10-6-7-11-20(18)28-2/h3-13H,14H2,1-2H3/b13-12+. The van der Waals surface area contributed by atoms with Crippen LogP contribution in [0.2, 0.25) is 5.15 Å². The van der Waals surface area contributed by atoms with E-state index in [-0.39, 0.29) is 12.4 Å². The monoisotopic (exact) mass is 410 g/mol. The third-order valence-electron chi connectivity index (χ3n) is 4.19. The molecule has 0 bridgehead atoms. The first-order chi connectivity index (χ1) is 14.0. The van der Waals surface area contributed by atoms with Gasteiger partial charge in [0.1, 0.15) is 10.9 Å². The van der Waals surface area contributed by atoms with Crippen LogP contribution in [0, 0.1) is 6.92 Å². The quantitative estimate of drug-likeness (QED) is 0.330. The maximum absolute atomic E-state index is 12.3. The van der Waals surface area contributed by atoms with Crippen molar-refractivity contribution in [2.75, 3.05) is 13.7 Å². The van der Waals surface area contributed by atoms with Crippen molar-refractivity contribution in [1.29, 1.82) is 0 Å². The molecule has 1 aromatic heterocycles. The second-order valence-electron chi connectivity index (χ2n) is 6.10. The third-order valence-corrected chi connectivity index (χ3v) is 4.55. The summed E-state index contributed by atoms with van der Waals surface area (Å²) in [6.45, 7) is 1.40. The number of benzene rings is 2. The molecule has 0 atom stereocenters. The number of esters is 1. The lowest BCUT2D eigenvalue weighted by Gasteiger charge is -2.07. The second-order valence-corrected chi connectivity index (χ2v) is 6.46. The number of ketones is 1. The van der Waals surface area contributed by atoms with E-state index < -0.39 is 5.97 Å². The van der Waals surface area contributed by atoms with Crippen molar-refractivity contribution in [3.63, 3.8) is 0 Å². The summed E-state index contributed by atoms with van der Waals surface area (Å²) < 4.78 is 11.8. The van der Waals surface area contributed by atoms with Gasteiger partial charge in [0.25, 0.3) is 0 Å². The molecule has 0 aliphatic rings. The van der Waals surface area contributed by atoms with E-state index >= 15 is 0 Å². The Morgan fingerprint density at radius 3 is 2.52 bits per heavy atom. The molecule has 0 saturated heterocycles. The molecule has 0 saturated carbocycles. The van der Waals surface area contributed by atoms with Gasteiger partial charge < -0.3 is 9.47 Å². The smallest absolute Gasteiger partial charge is 0.331 e. The number of carbonyl (C=O) groups is 2. The maximum atomic E-state index is 12.3. The van der Waals surface area contributed by atoms with Gasteiger partial charge in [0.2, 0.25) is 5.78 Å². The number of carbonyl (C=O) groups excluding carboxylic acids is 2. The summed E-state index contributed by atoms with van der Waals surface area (Å²) in [6, 6.07) is 16.2. The topological polar surface area (TPSA) is 70.4 Å². The molecule has 0 N–H and O–H groups in total. The number of hydrogen-bond acceptors (Lipinski definition) is 5. The number of hydrogen-bond donors (Lipinski definition) is 0. The summed E-state index contributed by atoms with van der Waals surface area (Å²) in [5.74, 6) is -0.577. The highest BCUT2D eigenvalue weighted by Gasteiger charge is 2.15. The lowest BCUT2D eigenvalue weighted by atomic mass is 10.1. The van der Waals surface area contributed by atoms with Crippen LogP contribution in [-0.4, -0.2) is 35.2 Å². The van der Waals surface area contributed by atoms with Crippen molar-refractivity contribution in [3.8, 4) is 11.4 Å². The third kappa shape index (κ3) is 4.73. The van der Waals surface area contributed by atoms with Gasteiger partial charge in [-0.1, -0.05) is 41.9 Å². The number of rotatable bonds is 7. The van der Waals surface area contributed by atoms with Gasteiger partial charge in [0, 0.05) is 11.6 Å². The van der Waals surface area contributed by atoms with Crippen LogP contribution < -0.4 is 4.74 Å². The van der Waals surface area contributed by atoms with Crippen molar-refractivity contribution >= 4 is 29.4 Å². The van der Waals surface area contributed by atoms with Crippen molar-refractivity contribution < 1.29 is 19.1 Å². The zero-order valence-electron chi connectivity index (χ0n) is 16.0. The summed E-state index contributed by atoms with van der Waals surface area (Å²) in [7, 11) is 1.47. The Bertz CT molecular complexity index is 1060. The molecule has 0 spiro atoms. The second kappa shape index (κ2) is 9.21. The molecule has 7 heteroatoms. The van der Waals surface area contributed by atoms with Crippen LogP contribution in [0.15, 0.2) is 60.7 Å². The number of halogens is 1. The number of nitrogens with zero attached hydrogens (tertiary/aromatic N) is 2. The van der Waals surface area contributed by atoms with Crippen LogP contribution >= 0.6 is 11.6 Å². The minimum atomic E-state index is -0.656. The lowest BCUT2D eigenvalue weighted by Crippen LogP contribution is -2.13. The van der Waals surface area contributed by atoms with E-state index in [0.717, 1.165) is 5.69 Å². The first-order valence-corrected chi connectivity index (χ1v) is 9.20. The number of para-hydroxylation sites is 2. The van der Waals surface area contributed by atoms with E-state index in [4.69, 9.17) is 21.1 Å². The van der Waals surface area contributed by atoms with Crippen LogP contribution in [0.1, 0.15) is 21.6 Å². The first-order valence-electron chi connectivity index (χ1n) is 8.83. The average molecular weight is 411 g/mol. The molecule has 6 nitrogen and oxygen atoms in total. The fourth-order valence-electron chi connectivity index (χ4n) is 2.73. The number of aromatic nitrogens is 2. The molecule has 0 radical (unpaired) electrons. The minimum Gasteiger partial charge on any atom is -0.496 e. The van der Waals surface area contributed by atoms with Crippen LogP contribution in [0.4, 0.5) is 0 Å². The van der Waals surface area contributed by atoms with Gasteiger partial charge in [-0.05, 0) is 37.3 Å². The fourth-order valence-corrected chi connectivity index (χ4v) is 3.06. The normalized spacial score (nSPS) is 10.9. The Labute approximate surface area is 173 Å². The van der Waals surface area contributed by atoms with Gasteiger partial charge in [0.05, 0.1) is 24.1 Å². The van der Waals surface area contributed by atoms with Gasteiger partial charge in [0.15, 0.2) is 6.61 Å². The SMILES string of the molecule is COc1ccccc1C(=O)COC(=O)/C=C/c1c(C)nn(-c2ccccc2)c1Cl. The maximum Gasteiger partial charge on any atom is 0.331 e.